The number of nitrogens with one attached hydrogen (secondary N) is 1. The second-order valence-electron chi connectivity index (χ2n) is 6.18. The molecule has 0 aliphatic carbocycles. The van der Waals surface area contributed by atoms with Gasteiger partial charge in [0.2, 0.25) is 0 Å². The van der Waals surface area contributed by atoms with E-state index in [2.05, 4.69) is 38.9 Å². The molecule has 0 radical (unpaired) electrons. The third-order valence-corrected chi connectivity index (χ3v) is 4.91. The Kier molecular flexibility index (Phi) is 5.52. The van der Waals surface area contributed by atoms with Crippen molar-refractivity contribution in [2.45, 2.75) is 20.8 Å². The van der Waals surface area contributed by atoms with E-state index in [9.17, 15) is 5.26 Å². The number of ether oxygens (including phenoxy) is 2. The first-order chi connectivity index (χ1) is 13.0. The van der Waals surface area contributed by atoms with Crippen LogP contribution in [-0.2, 0) is 0 Å². The minimum Gasteiger partial charge on any atom is -0.493 e. The zero-order chi connectivity index (χ0) is 19.6. The first-order valence-electron chi connectivity index (χ1n) is 8.56. The molecule has 3 rings (SSSR count). The van der Waals surface area contributed by atoms with Gasteiger partial charge in [0.1, 0.15) is 11.9 Å². The normalized spacial score (nSPS) is 11.5. The Labute approximate surface area is 166 Å². The van der Waals surface area contributed by atoms with Crippen molar-refractivity contribution in [1.29, 1.82) is 5.26 Å². The minimum absolute atomic E-state index is 0.444. The summed E-state index contributed by atoms with van der Waals surface area (Å²) in [4.78, 5) is 7.82. The number of hydrogen-bond acceptors (Lipinski definition) is 4. The summed E-state index contributed by atoms with van der Waals surface area (Å²) in [5.41, 5.74) is 5.37. The monoisotopic (exact) mass is 425 g/mol. The van der Waals surface area contributed by atoms with Crippen molar-refractivity contribution >= 4 is 38.6 Å². The largest absolute Gasteiger partial charge is 0.493 e. The molecule has 0 unspecified atom stereocenters. The van der Waals surface area contributed by atoms with Crippen LogP contribution in [0.1, 0.15) is 29.4 Å². The molecule has 2 aromatic carbocycles. The molecule has 0 saturated carbocycles. The van der Waals surface area contributed by atoms with E-state index in [4.69, 9.17) is 9.47 Å². The smallest absolute Gasteiger partial charge is 0.175 e. The van der Waals surface area contributed by atoms with Crippen molar-refractivity contribution < 1.29 is 9.47 Å². The topological polar surface area (TPSA) is 70.9 Å². The average Bonchev–Trinajstić information content (AvgIpc) is 3.04. The fourth-order valence-corrected chi connectivity index (χ4v) is 3.40. The van der Waals surface area contributed by atoms with Crippen LogP contribution < -0.4 is 9.47 Å². The summed E-state index contributed by atoms with van der Waals surface area (Å²) in [5, 5.41) is 9.66. The number of aromatic nitrogens is 2. The number of benzene rings is 2. The van der Waals surface area contributed by atoms with E-state index < -0.39 is 0 Å². The molecule has 0 spiro atoms. The fourth-order valence-electron chi connectivity index (χ4n) is 2.82. The number of aromatic amines is 1. The maximum atomic E-state index is 9.66. The highest BCUT2D eigenvalue weighted by Gasteiger charge is 2.13. The van der Waals surface area contributed by atoms with E-state index in [1.165, 1.54) is 11.1 Å². The van der Waals surface area contributed by atoms with Gasteiger partial charge in [0.05, 0.1) is 34.8 Å². The lowest BCUT2D eigenvalue weighted by atomic mass is 10.1. The predicted molar refractivity (Wildman–Crippen MR) is 111 cm³/mol. The summed E-state index contributed by atoms with van der Waals surface area (Å²) in [6.07, 6.45) is 1.78. The van der Waals surface area contributed by atoms with Crippen molar-refractivity contribution in [2.75, 3.05) is 13.7 Å². The Bertz CT molecular complexity index is 1040. The standard InChI is InChI=1S/C21H20BrN3O2/c1-5-27-20-16(22)9-14(10-19(20)26-4)8-15(11-23)21-24-17-6-12(2)13(3)7-18(17)25-21/h6-10H,5H2,1-4H3,(H,24,25)/b15-8+. The molecule has 1 aromatic heterocycles. The molecule has 1 heterocycles. The van der Waals surface area contributed by atoms with Crippen LogP contribution in [0.4, 0.5) is 0 Å². The lowest BCUT2D eigenvalue weighted by Gasteiger charge is -2.12. The van der Waals surface area contributed by atoms with Gasteiger partial charge in [-0.05, 0) is 83.7 Å². The van der Waals surface area contributed by atoms with Gasteiger partial charge in [-0.25, -0.2) is 4.98 Å². The Morgan fingerprint density at radius 3 is 2.67 bits per heavy atom. The van der Waals surface area contributed by atoms with Gasteiger partial charge < -0.3 is 14.5 Å². The molecular weight excluding hydrogens is 406 g/mol. The molecule has 0 aliphatic heterocycles. The zero-order valence-corrected chi connectivity index (χ0v) is 17.3. The number of aryl methyl sites for hydroxylation is 2. The Morgan fingerprint density at radius 2 is 2.00 bits per heavy atom. The lowest BCUT2D eigenvalue weighted by Crippen LogP contribution is -1.97. The second kappa shape index (κ2) is 7.85. The van der Waals surface area contributed by atoms with Gasteiger partial charge in [-0.2, -0.15) is 5.26 Å². The SMILES string of the molecule is CCOc1c(Br)cc(/C=C(\C#N)c2nc3cc(C)c(C)cc3[nH]2)cc1OC. The molecule has 0 fully saturated rings. The number of nitrogens with zero attached hydrogens (tertiary/aromatic N) is 2. The summed E-state index contributed by atoms with van der Waals surface area (Å²) in [5.74, 6) is 1.79. The number of H-pyrrole nitrogens is 1. The summed E-state index contributed by atoms with van der Waals surface area (Å²) in [7, 11) is 1.59. The van der Waals surface area contributed by atoms with Gasteiger partial charge in [0.25, 0.3) is 0 Å². The van der Waals surface area contributed by atoms with E-state index in [1.54, 1.807) is 13.2 Å². The average molecular weight is 426 g/mol. The Morgan fingerprint density at radius 1 is 1.26 bits per heavy atom. The molecule has 0 bridgehead atoms. The zero-order valence-electron chi connectivity index (χ0n) is 15.7. The molecule has 27 heavy (non-hydrogen) atoms. The molecule has 138 valence electrons. The molecule has 3 aromatic rings. The number of imidazole rings is 1. The number of halogens is 1. The van der Waals surface area contributed by atoms with E-state index in [0.29, 0.717) is 29.5 Å². The van der Waals surface area contributed by atoms with Crippen molar-refractivity contribution in [2.24, 2.45) is 0 Å². The van der Waals surface area contributed by atoms with Gasteiger partial charge in [-0.3, -0.25) is 0 Å². The second-order valence-corrected chi connectivity index (χ2v) is 7.03. The van der Waals surface area contributed by atoms with Gasteiger partial charge in [0, 0.05) is 0 Å². The minimum atomic E-state index is 0.444. The third-order valence-electron chi connectivity index (χ3n) is 4.32. The lowest BCUT2D eigenvalue weighted by molar-refractivity contribution is 0.309. The highest BCUT2D eigenvalue weighted by molar-refractivity contribution is 9.10. The number of allylic oxidation sites excluding steroid dienone is 1. The number of rotatable bonds is 5. The van der Waals surface area contributed by atoms with Gasteiger partial charge in [-0.15, -0.1) is 0 Å². The molecular formula is C21H20BrN3O2. The fraction of sp³-hybridized carbons (Fsp3) is 0.238. The maximum Gasteiger partial charge on any atom is 0.175 e. The van der Waals surface area contributed by atoms with Crippen molar-refractivity contribution in [3.8, 4) is 17.6 Å². The number of nitriles is 1. The van der Waals surface area contributed by atoms with E-state index >= 15 is 0 Å². The van der Waals surface area contributed by atoms with Gasteiger partial charge >= 0.3 is 0 Å². The van der Waals surface area contributed by atoms with E-state index in [1.807, 2.05) is 38.1 Å². The molecule has 0 saturated heterocycles. The summed E-state index contributed by atoms with van der Waals surface area (Å²) in [6.45, 7) is 6.55. The molecule has 6 heteroatoms. The summed E-state index contributed by atoms with van der Waals surface area (Å²) in [6, 6.07) is 10.0. The first kappa shape index (κ1) is 19.0. The Hall–Kier alpha value is -2.78. The van der Waals surface area contributed by atoms with Crippen molar-refractivity contribution in [1.82, 2.24) is 9.97 Å². The van der Waals surface area contributed by atoms with Crippen molar-refractivity contribution in [3.63, 3.8) is 0 Å². The van der Waals surface area contributed by atoms with Crippen LogP contribution >= 0.6 is 15.9 Å². The van der Waals surface area contributed by atoms with Crippen LogP contribution in [-0.4, -0.2) is 23.7 Å². The third kappa shape index (κ3) is 3.83. The highest BCUT2D eigenvalue weighted by Crippen LogP contribution is 2.37. The van der Waals surface area contributed by atoms with Crippen LogP contribution in [0.15, 0.2) is 28.7 Å². The molecule has 5 nitrogen and oxygen atoms in total. The van der Waals surface area contributed by atoms with Gasteiger partial charge in [-0.1, -0.05) is 0 Å². The predicted octanol–water partition coefficient (Wildman–Crippen LogP) is 5.41. The van der Waals surface area contributed by atoms with E-state index in [0.717, 1.165) is 21.1 Å². The molecule has 0 amide bonds. The number of methoxy groups -OCH3 is 1. The van der Waals surface area contributed by atoms with Crippen LogP contribution in [0.3, 0.4) is 0 Å². The van der Waals surface area contributed by atoms with E-state index in [-0.39, 0.29) is 0 Å². The van der Waals surface area contributed by atoms with Crippen molar-refractivity contribution in [3.05, 3.63) is 51.3 Å². The van der Waals surface area contributed by atoms with Crippen LogP contribution in [0.5, 0.6) is 11.5 Å². The molecule has 0 aliphatic rings. The molecule has 0 atom stereocenters. The van der Waals surface area contributed by atoms with Crippen LogP contribution in [0, 0.1) is 25.2 Å². The summed E-state index contributed by atoms with van der Waals surface area (Å²) >= 11 is 3.51. The number of fused-ring (bicyclic) bond motifs is 1. The Balaban J connectivity index is 2.07. The maximum absolute atomic E-state index is 9.66. The van der Waals surface area contributed by atoms with Gasteiger partial charge in [0.15, 0.2) is 11.5 Å². The first-order valence-corrected chi connectivity index (χ1v) is 9.35. The van der Waals surface area contributed by atoms with Crippen LogP contribution in [0.2, 0.25) is 0 Å². The number of hydrogen-bond donors (Lipinski definition) is 1. The summed E-state index contributed by atoms with van der Waals surface area (Å²) < 4.78 is 11.8. The molecule has 1 N–H and O–H groups in total. The highest BCUT2D eigenvalue weighted by atomic mass is 79.9. The quantitative estimate of drug-likeness (QED) is 0.554. The van der Waals surface area contributed by atoms with Crippen LogP contribution in [0.25, 0.3) is 22.7 Å².